The van der Waals surface area contributed by atoms with Gasteiger partial charge in [-0.3, -0.25) is 4.79 Å². The van der Waals surface area contributed by atoms with Crippen molar-refractivity contribution >= 4 is 29.7 Å². The second kappa shape index (κ2) is 7.25. The largest absolute Gasteiger partial charge is 0.459 e. The Morgan fingerprint density at radius 2 is 2.00 bits per heavy atom. The third-order valence-electron chi connectivity index (χ3n) is 4.98. The predicted molar refractivity (Wildman–Crippen MR) is 96.8 cm³/mol. The van der Waals surface area contributed by atoms with Crippen molar-refractivity contribution < 1.29 is 9.21 Å². The van der Waals surface area contributed by atoms with Crippen LogP contribution in [0.25, 0.3) is 10.8 Å². The van der Waals surface area contributed by atoms with Crippen LogP contribution in [0.5, 0.6) is 0 Å². The summed E-state index contributed by atoms with van der Waals surface area (Å²) in [5, 5.41) is 6.09. The molecule has 0 radical (unpaired) electrons. The van der Waals surface area contributed by atoms with E-state index in [1.54, 1.807) is 0 Å². The number of aryl methyl sites for hydroxylation is 1. The van der Waals surface area contributed by atoms with Gasteiger partial charge in [0.1, 0.15) is 11.5 Å². The number of carbonyl (C=O) groups is 1. The maximum Gasteiger partial charge on any atom is 0.273 e. The van der Waals surface area contributed by atoms with Crippen molar-refractivity contribution in [3.63, 3.8) is 0 Å². The molecule has 0 spiro atoms. The zero-order valence-electron chi connectivity index (χ0n) is 13.7. The molecule has 130 valence electrons. The van der Waals surface area contributed by atoms with E-state index < -0.39 is 0 Å². The molecule has 2 saturated heterocycles. The van der Waals surface area contributed by atoms with E-state index in [0.717, 1.165) is 67.4 Å². The molecule has 2 aromatic rings. The summed E-state index contributed by atoms with van der Waals surface area (Å²) in [4.78, 5) is 19.2. The smallest absolute Gasteiger partial charge is 0.273 e. The molecule has 2 aliphatic rings. The first kappa shape index (κ1) is 17.5. The summed E-state index contributed by atoms with van der Waals surface area (Å²) in [6.45, 7) is 5.80. The van der Waals surface area contributed by atoms with Crippen LogP contribution in [0, 0.1) is 18.8 Å². The minimum absolute atomic E-state index is 0. The quantitative estimate of drug-likeness (QED) is 0.885. The van der Waals surface area contributed by atoms with E-state index in [0.29, 0.717) is 5.69 Å². The number of likely N-dealkylation sites (tertiary alicyclic amines) is 1. The Balaban J connectivity index is 0.00000169. The fraction of sp³-hybridized carbons (Fsp3) is 0.529. The van der Waals surface area contributed by atoms with Crippen molar-refractivity contribution in [1.82, 2.24) is 15.2 Å². The molecule has 0 aliphatic carbocycles. The maximum absolute atomic E-state index is 12.7. The zero-order chi connectivity index (χ0) is 15.8. The number of halogens is 1. The second-order valence-corrected chi connectivity index (χ2v) is 7.35. The molecule has 7 heteroatoms. The molecule has 0 aromatic carbocycles. The normalized spacial score (nSPS) is 23.5. The van der Waals surface area contributed by atoms with Gasteiger partial charge in [0.15, 0.2) is 10.8 Å². The number of nitrogens with one attached hydrogen (secondary N) is 1. The average molecular weight is 368 g/mol. The van der Waals surface area contributed by atoms with E-state index >= 15 is 0 Å². The first-order chi connectivity index (χ1) is 11.2. The Morgan fingerprint density at radius 3 is 2.62 bits per heavy atom. The van der Waals surface area contributed by atoms with Crippen LogP contribution in [0.3, 0.4) is 0 Å². The Kier molecular flexibility index (Phi) is 5.27. The fourth-order valence-corrected chi connectivity index (χ4v) is 4.37. The van der Waals surface area contributed by atoms with E-state index in [1.807, 2.05) is 29.3 Å². The molecule has 4 heterocycles. The molecular formula is C17H22ClN3O2S. The van der Waals surface area contributed by atoms with Gasteiger partial charge >= 0.3 is 0 Å². The molecule has 2 aromatic heterocycles. The van der Waals surface area contributed by atoms with Crippen LogP contribution < -0.4 is 5.32 Å². The Morgan fingerprint density at radius 1 is 1.29 bits per heavy atom. The maximum atomic E-state index is 12.7. The van der Waals surface area contributed by atoms with Crippen molar-refractivity contribution in [2.45, 2.75) is 19.8 Å². The minimum atomic E-state index is 0. The summed E-state index contributed by atoms with van der Waals surface area (Å²) in [5.74, 6) is 3.11. The summed E-state index contributed by atoms with van der Waals surface area (Å²) >= 11 is 1.47. The highest BCUT2D eigenvalue weighted by atomic mass is 35.5. The van der Waals surface area contributed by atoms with Crippen LogP contribution in [0.15, 0.2) is 21.9 Å². The molecule has 0 unspecified atom stereocenters. The van der Waals surface area contributed by atoms with Gasteiger partial charge in [0, 0.05) is 18.5 Å². The number of carbonyl (C=O) groups excluding carboxylic acids is 1. The third kappa shape index (κ3) is 3.36. The van der Waals surface area contributed by atoms with Gasteiger partial charge in [0.05, 0.1) is 0 Å². The minimum Gasteiger partial charge on any atom is -0.459 e. The van der Waals surface area contributed by atoms with Crippen molar-refractivity contribution in [3.05, 3.63) is 29.0 Å². The Bertz CT molecular complexity index is 700. The molecule has 5 nitrogen and oxygen atoms in total. The fourth-order valence-electron chi connectivity index (χ4n) is 3.62. The SMILES string of the molecule is Cc1ccc(-c2nc(C(=O)N3CC[C@@H]4CNC[C@@H]4CC3)cs2)o1.Cl. The van der Waals surface area contributed by atoms with Crippen molar-refractivity contribution in [3.8, 4) is 10.8 Å². The second-order valence-electron chi connectivity index (χ2n) is 6.50. The van der Waals surface area contributed by atoms with Gasteiger partial charge in [-0.25, -0.2) is 4.98 Å². The first-order valence-electron chi connectivity index (χ1n) is 8.23. The summed E-state index contributed by atoms with van der Waals surface area (Å²) < 4.78 is 5.59. The molecule has 1 amide bonds. The lowest BCUT2D eigenvalue weighted by molar-refractivity contribution is 0.0753. The van der Waals surface area contributed by atoms with E-state index in [2.05, 4.69) is 10.3 Å². The predicted octanol–water partition coefficient (Wildman–Crippen LogP) is 3.20. The molecular weight excluding hydrogens is 346 g/mol. The topological polar surface area (TPSA) is 58.4 Å². The van der Waals surface area contributed by atoms with Crippen LogP contribution in [0.2, 0.25) is 0 Å². The molecule has 2 aliphatic heterocycles. The Labute approximate surface area is 151 Å². The van der Waals surface area contributed by atoms with Gasteiger partial charge in [-0.05, 0) is 56.8 Å². The first-order valence-corrected chi connectivity index (χ1v) is 9.11. The monoisotopic (exact) mass is 367 g/mol. The lowest BCUT2D eigenvalue weighted by Crippen LogP contribution is -2.33. The molecule has 4 rings (SSSR count). The summed E-state index contributed by atoms with van der Waals surface area (Å²) in [6.07, 6.45) is 2.19. The number of rotatable bonds is 2. The Hall–Kier alpha value is -1.37. The number of nitrogens with zero attached hydrogens (tertiary/aromatic N) is 2. The molecule has 2 atom stereocenters. The zero-order valence-corrected chi connectivity index (χ0v) is 15.3. The van der Waals surface area contributed by atoms with Gasteiger partial charge in [-0.1, -0.05) is 0 Å². The number of furan rings is 1. The summed E-state index contributed by atoms with van der Waals surface area (Å²) in [7, 11) is 0. The van der Waals surface area contributed by atoms with E-state index in [4.69, 9.17) is 4.42 Å². The highest BCUT2D eigenvalue weighted by Crippen LogP contribution is 2.29. The van der Waals surface area contributed by atoms with E-state index in [-0.39, 0.29) is 18.3 Å². The van der Waals surface area contributed by atoms with Gasteiger partial charge in [-0.2, -0.15) is 0 Å². The third-order valence-corrected chi connectivity index (χ3v) is 5.84. The van der Waals surface area contributed by atoms with E-state index in [1.165, 1.54) is 11.3 Å². The standard InChI is InChI=1S/C17H21N3O2S.ClH/c1-11-2-3-15(22-11)16-19-14(10-23-16)17(21)20-6-4-12-8-18-9-13(12)5-7-20;/h2-3,10,12-13,18H,4-9H2,1H3;1H/t12-,13+;. The van der Waals surface area contributed by atoms with Crippen molar-refractivity contribution in [1.29, 1.82) is 0 Å². The van der Waals surface area contributed by atoms with Gasteiger partial charge < -0.3 is 14.6 Å². The number of hydrogen-bond donors (Lipinski definition) is 1. The van der Waals surface area contributed by atoms with Crippen LogP contribution >= 0.6 is 23.7 Å². The lowest BCUT2D eigenvalue weighted by atomic mass is 9.92. The molecule has 0 bridgehead atoms. The molecule has 0 saturated carbocycles. The van der Waals surface area contributed by atoms with Crippen LogP contribution in [0.4, 0.5) is 0 Å². The lowest BCUT2D eigenvalue weighted by Gasteiger charge is -2.19. The molecule has 24 heavy (non-hydrogen) atoms. The van der Waals surface area contributed by atoms with E-state index in [9.17, 15) is 4.79 Å². The van der Waals surface area contributed by atoms with Crippen LogP contribution in [-0.4, -0.2) is 42.0 Å². The van der Waals surface area contributed by atoms with Crippen molar-refractivity contribution in [2.75, 3.05) is 26.2 Å². The highest BCUT2D eigenvalue weighted by molar-refractivity contribution is 7.13. The number of aromatic nitrogens is 1. The summed E-state index contributed by atoms with van der Waals surface area (Å²) in [6, 6.07) is 3.82. The van der Waals surface area contributed by atoms with Crippen LogP contribution in [-0.2, 0) is 0 Å². The van der Waals surface area contributed by atoms with Gasteiger partial charge in [-0.15, -0.1) is 23.7 Å². The number of fused-ring (bicyclic) bond motifs is 1. The highest BCUT2D eigenvalue weighted by Gasteiger charge is 2.32. The van der Waals surface area contributed by atoms with Gasteiger partial charge in [0.2, 0.25) is 0 Å². The number of amides is 1. The average Bonchev–Trinajstić information content (AvgIpc) is 3.26. The number of thiazole rings is 1. The molecule has 1 N–H and O–H groups in total. The van der Waals surface area contributed by atoms with Crippen LogP contribution in [0.1, 0.15) is 29.1 Å². The number of hydrogen-bond acceptors (Lipinski definition) is 5. The summed E-state index contributed by atoms with van der Waals surface area (Å²) in [5.41, 5.74) is 0.546. The van der Waals surface area contributed by atoms with Crippen molar-refractivity contribution in [2.24, 2.45) is 11.8 Å². The van der Waals surface area contributed by atoms with Gasteiger partial charge in [0.25, 0.3) is 5.91 Å². The molecule has 2 fully saturated rings.